The molecule has 12 heteroatoms. The summed E-state index contributed by atoms with van der Waals surface area (Å²) >= 11 is 0. The maximum absolute atomic E-state index is 13.1. The third-order valence-electron chi connectivity index (χ3n) is 10.2. The molecule has 51 heavy (non-hydrogen) atoms. The number of hydrogen-bond acceptors (Lipinski definition) is 9. The first kappa shape index (κ1) is 38.1. The van der Waals surface area contributed by atoms with Crippen molar-refractivity contribution in [2.24, 2.45) is 11.8 Å². The Morgan fingerprint density at radius 3 is 1.37 bits per heavy atom. The number of hydrogen-bond donors (Lipinski definition) is 1. The zero-order chi connectivity index (χ0) is 36.7. The molecule has 0 aliphatic carbocycles. The lowest BCUT2D eigenvalue weighted by Crippen LogP contribution is -2.46. The molecule has 0 aromatic heterocycles. The van der Waals surface area contributed by atoms with Crippen molar-refractivity contribution in [1.82, 2.24) is 20.0 Å². The van der Waals surface area contributed by atoms with E-state index in [1.165, 1.54) is 16.7 Å². The van der Waals surface area contributed by atoms with E-state index in [1.807, 2.05) is 54.8 Å². The fraction of sp³-hybridized carbons (Fsp3) is 0.615. The lowest BCUT2D eigenvalue weighted by Gasteiger charge is -2.36. The van der Waals surface area contributed by atoms with E-state index >= 15 is 0 Å². The normalized spacial score (nSPS) is 18.1. The highest BCUT2D eigenvalue weighted by atomic mass is 16.6. The minimum absolute atomic E-state index is 0.0459. The molecule has 6 rings (SSSR count). The van der Waals surface area contributed by atoms with Gasteiger partial charge in [0.15, 0.2) is 23.0 Å². The number of nitrogens with zero attached hydrogens (tertiary/aromatic N) is 3. The van der Waals surface area contributed by atoms with Crippen LogP contribution in [0.1, 0.15) is 68.7 Å². The number of amides is 3. The highest BCUT2D eigenvalue weighted by Crippen LogP contribution is 2.35. The zero-order valence-corrected chi connectivity index (χ0v) is 31.5. The number of rotatable bonds is 6. The summed E-state index contributed by atoms with van der Waals surface area (Å²) in [7, 11) is 6.55. The van der Waals surface area contributed by atoms with Crippen LogP contribution in [0.4, 0.5) is 4.79 Å². The highest BCUT2D eigenvalue weighted by Gasteiger charge is 2.34. The van der Waals surface area contributed by atoms with E-state index in [2.05, 4.69) is 5.32 Å². The predicted molar refractivity (Wildman–Crippen MR) is 193 cm³/mol. The van der Waals surface area contributed by atoms with Gasteiger partial charge in [-0.15, -0.1) is 0 Å². The molecule has 3 amide bonds. The van der Waals surface area contributed by atoms with Crippen LogP contribution in [0.2, 0.25) is 0 Å². The topological polar surface area (TPSA) is 119 Å². The number of benzene rings is 2. The summed E-state index contributed by atoms with van der Waals surface area (Å²) in [5.41, 5.74) is 4.23. The fourth-order valence-electron chi connectivity index (χ4n) is 7.36. The Kier molecular flexibility index (Phi) is 12.6. The van der Waals surface area contributed by atoms with E-state index in [-0.39, 0.29) is 23.8 Å². The molecule has 4 aliphatic rings. The minimum Gasteiger partial charge on any atom is -0.493 e. The Hall–Kier alpha value is -4.19. The van der Waals surface area contributed by atoms with Gasteiger partial charge in [0, 0.05) is 51.1 Å². The molecule has 1 N–H and O–H groups in total. The van der Waals surface area contributed by atoms with E-state index in [0.29, 0.717) is 57.2 Å². The second-order valence-corrected chi connectivity index (χ2v) is 14.7. The number of carbonyl (C=O) groups is 3. The van der Waals surface area contributed by atoms with Gasteiger partial charge in [-0.2, -0.15) is 0 Å². The Labute approximate surface area is 302 Å². The lowest BCUT2D eigenvalue weighted by atomic mass is 9.93. The maximum atomic E-state index is 13.1. The molecule has 2 aromatic carbocycles. The fourth-order valence-corrected chi connectivity index (χ4v) is 7.36. The molecule has 0 atom stereocenters. The van der Waals surface area contributed by atoms with Crippen LogP contribution < -0.4 is 24.3 Å². The molecule has 0 radical (unpaired) electrons. The van der Waals surface area contributed by atoms with E-state index in [4.69, 9.17) is 23.7 Å². The SMILES string of the molecule is COc1cc2c(cc1OC)CN(C(=O)C1CCN(C(=O)OC(C)(C)C)CC1)CC2.COc1cc2c(cc1OC)CN(C(=O)C1CCNCC1)CC2. The van der Waals surface area contributed by atoms with Crippen LogP contribution in [0.15, 0.2) is 24.3 Å². The quantitative estimate of drug-likeness (QED) is 0.451. The van der Waals surface area contributed by atoms with Gasteiger partial charge in [0.25, 0.3) is 0 Å². The van der Waals surface area contributed by atoms with E-state index in [9.17, 15) is 14.4 Å². The van der Waals surface area contributed by atoms with E-state index in [0.717, 1.165) is 68.1 Å². The summed E-state index contributed by atoms with van der Waals surface area (Å²) in [6, 6.07) is 8.03. The first-order chi connectivity index (χ1) is 24.4. The molecular formula is C39H56N4O8. The second kappa shape index (κ2) is 16.9. The van der Waals surface area contributed by atoms with Crippen molar-refractivity contribution in [3.05, 3.63) is 46.5 Å². The molecule has 12 nitrogen and oxygen atoms in total. The van der Waals surface area contributed by atoms with Crippen molar-refractivity contribution in [3.8, 4) is 23.0 Å². The van der Waals surface area contributed by atoms with Gasteiger partial charge in [-0.05, 0) is 119 Å². The smallest absolute Gasteiger partial charge is 0.410 e. The number of piperidine rings is 2. The van der Waals surface area contributed by atoms with Crippen molar-refractivity contribution in [1.29, 1.82) is 0 Å². The molecule has 0 bridgehead atoms. The molecular weight excluding hydrogens is 652 g/mol. The minimum atomic E-state index is -0.505. The zero-order valence-electron chi connectivity index (χ0n) is 31.5. The predicted octanol–water partition coefficient (Wildman–Crippen LogP) is 4.82. The molecule has 280 valence electrons. The molecule has 4 heterocycles. The first-order valence-corrected chi connectivity index (χ1v) is 18.2. The van der Waals surface area contributed by atoms with Crippen molar-refractivity contribution in [2.45, 2.75) is 78.0 Å². The Bertz CT molecular complexity index is 1540. The summed E-state index contributed by atoms with van der Waals surface area (Å²) in [6.07, 6.45) is 4.64. The molecule has 4 aliphatic heterocycles. The van der Waals surface area contributed by atoms with Gasteiger partial charge in [0.1, 0.15) is 5.60 Å². The van der Waals surface area contributed by atoms with Crippen molar-refractivity contribution in [3.63, 3.8) is 0 Å². The number of likely N-dealkylation sites (tertiary alicyclic amines) is 1. The number of methoxy groups -OCH3 is 4. The Balaban J connectivity index is 0.000000205. The molecule has 0 saturated carbocycles. The molecule has 2 saturated heterocycles. The van der Waals surface area contributed by atoms with E-state index < -0.39 is 5.60 Å². The van der Waals surface area contributed by atoms with Gasteiger partial charge in [-0.3, -0.25) is 9.59 Å². The van der Waals surface area contributed by atoms with Crippen LogP contribution in [0, 0.1) is 11.8 Å². The van der Waals surface area contributed by atoms with Crippen LogP contribution >= 0.6 is 0 Å². The maximum Gasteiger partial charge on any atom is 0.410 e. The number of fused-ring (bicyclic) bond motifs is 2. The van der Waals surface area contributed by atoms with Gasteiger partial charge < -0.3 is 43.7 Å². The molecule has 2 aromatic rings. The average Bonchev–Trinajstić information content (AvgIpc) is 3.15. The van der Waals surface area contributed by atoms with Crippen LogP contribution in [-0.2, 0) is 40.3 Å². The number of ether oxygens (including phenoxy) is 5. The second-order valence-electron chi connectivity index (χ2n) is 14.7. The lowest BCUT2D eigenvalue weighted by molar-refractivity contribution is -0.138. The summed E-state index contributed by atoms with van der Waals surface area (Å²) < 4.78 is 27.0. The van der Waals surface area contributed by atoms with Crippen LogP contribution in [-0.4, -0.2) is 106 Å². The Morgan fingerprint density at radius 2 is 0.980 bits per heavy atom. The first-order valence-electron chi connectivity index (χ1n) is 18.2. The molecule has 0 unspecified atom stereocenters. The van der Waals surface area contributed by atoms with Gasteiger partial charge in [-0.1, -0.05) is 0 Å². The van der Waals surface area contributed by atoms with Gasteiger partial charge >= 0.3 is 6.09 Å². The highest BCUT2D eigenvalue weighted by molar-refractivity contribution is 5.80. The molecule has 2 fully saturated rings. The van der Waals surface area contributed by atoms with Crippen LogP contribution in [0.5, 0.6) is 23.0 Å². The third-order valence-corrected chi connectivity index (χ3v) is 10.2. The molecule has 0 spiro atoms. The van der Waals surface area contributed by atoms with Gasteiger partial charge in [0.05, 0.1) is 28.4 Å². The summed E-state index contributed by atoms with van der Waals surface area (Å²) in [6.45, 7) is 11.4. The Morgan fingerprint density at radius 1 is 0.588 bits per heavy atom. The third kappa shape index (κ3) is 9.38. The summed E-state index contributed by atoms with van der Waals surface area (Å²) in [5.74, 6) is 3.53. The number of nitrogens with one attached hydrogen (secondary N) is 1. The van der Waals surface area contributed by atoms with Crippen molar-refractivity contribution >= 4 is 17.9 Å². The standard InChI is InChI=1S/C22H32N2O5.C17H24N2O3/c1-22(2,3)29-21(26)23-9-6-15(7-10-23)20(25)24-11-8-16-12-18(27-4)19(28-5)13-17(16)14-24;1-21-15-9-13-5-8-19(11-14(13)10-16(15)22-2)17(20)12-3-6-18-7-4-12/h12-13,15H,6-11,14H2,1-5H3;9-10,12,18H,3-8,11H2,1-2H3. The summed E-state index contributed by atoms with van der Waals surface area (Å²) in [5, 5.41) is 3.31. The number of carbonyl (C=O) groups excluding carboxylic acids is 3. The largest absolute Gasteiger partial charge is 0.493 e. The monoisotopic (exact) mass is 708 g/mol. The van der Waals surface area contributed by atoms with E-state index in [1.54, 1.807) is 33.3 Å². The van der Waals surface area contributed by atoms with Crippen molar-refractivity contribution < 1.29 is 38.1 Å². The van der Waals surface area contributed by atoms with Crippen molar-refractivity contribution in [2.75, 3.05) is 67.7 Å². The average molecular weight is 709 g/mol. The van der Waals surface area contributed by atoms with Gasteiger partial charge in [-0.25, -0.2) is 4.79 Å². The summed E-state index contributed by atoms with van der Waals surface area (Å²) in [4.78, 5) is 43.6. The van der Waals surface area contributed by atoms with Crippen LogP contribution in [0.3, 0.4) is 0 Å². The van der Waals surface area contributed by atoms with Gasteiger partial charge in [0.2, 0.25) is 11.8 Å². The van der Waals surface area contributed by atoms with Crippen LogP contribution in [0.25, 0.3) is 0 Å².